The molecule has 0 aromatic carbocycles. The van der Waals surface area contributed by atoms with E-state index >= 15 is 0 Å². The molecule has 0 radical (unpaired) electrons. The molecule has 0 amide bonds. The van der Waals surface area contributed by atoms with Gasteiger partial charge in [-0.1, -0.05) is 56.0 Å². The van der Waals surface area contributed by atoms with Crippen molar-refractivity contribution in [3.05, 3.63) is 0 Å². The van der Waals surface area contributed by atoms with Crippen LogP contribution in [0.15, 0.2) is 0 Å². The Kier molecular flexibility index (Phi) is 17.7. The Balaban J connectivity index is 0.000000443. The van der Waals surface area contributed by atoms with E-state index in [1.807, 2.05) is 43.2 Å². The van der Waals surface area contributed by atoms with Gasteiger partial charge >= 0.3 is 19.5 Å². The van der Waals surface area contributed by atoms with Crippen molar-refractivity contribution in [2.75, 3.05) is 11.5 Å². The van der Waals surface area contributed by atoms with Crippen molar-refractivity contribution in [2.45, 2.75) is 74.7 Å². The fourth-order valence-electron chi connectivity index (χ4n) is 2.41. The Bertz CT molecular complexity index is 328. The van der Waals surface area contributed by atoms with Gasteiger partial charge in [0.15, 0.2) is 0 Å². The van der Waals surface area contributed by atoms with Crippen LogP contribution < -0.4 is 10.2 Å². The number of aliphatic carboxylic acids is 2. The van der Waals surface area contributed by atoms with Gasteiger partial charge < -0.3 is 19.8 Å². The number of carboxylic acid groups (broad SMARTS) is 2. The van der Waals surface area contributed by atoms with Crippen LogP contribution in [-0.4, -0.2) is 33.9 Å². The van der Waals surface area contributed by atoms with Crippen molar-refractivity contribution in [1.29, 1.82) is 0 Å². The summed E-state index contributed by atoms with van der Waals surface area (Å²) < 4.78 is 0. The monoisotopic (exact) mass is 474 g/mol. The molecule has 4 nitrogen and oxygen atoms in total. The van der Waals surface area contributed by atoms with Gasteiger partial charge in [0.25, 0.3) is 0 Å². The second-order valence-corrected chi connectivity index (χ2v) is 11.5. The van der Waals surface area contributed by atoms with Crippen molar-refractivity contribution in [3.63, 3.8) is 0 Å². The molecule has 9 heteroatoms. The first-order chi connectivity index (χ1) is 11.6. The Hall–Kier alpha value is 0.963. The molecule has 2 heterocycles. The Labute approximate surface area is 179 Å². The number of rotatable bonds is 10. The van der Waals surface area contributed by atoms with Gasteiger partial charge in [-0.25, -0.2) is 0 Å². The molecule has 2 unspecified atom stereocenters. The summed E-state index contributed by atoms with van der Waals surface area (Å²) in [6, 6.07) is 0. The minimum atomic E-state index is -0.913. The SMILES string of the molecule is O=C([O-])CCCCC1CCSS1.O=C([O-])CCCCC1CCSS1.[Zn+2]. The molecule has 2 saturated heterocycles. The summed E-state index contributed by atoms with van der Waals surface area (Å²) in [5.41, 5.74) is 0. The molecule has 2 aliphatic heterocycles. The molecule has 0 spiro atoms. The van der Waals surface area contributed by atoms with E-state index < -0.39 is 11.9 Å². The first kappa shape index (κ1) is 26.0. The molecule has 2 aliphatic rings. The largest absolute Gasteiger partial charge is 2.00 e. The number of hydrogen-bond acceptors (Lipinski definition) is 8. The quantitative estimate of drug-likeness (QED) is 0.271. The summed E-state index contributed by atoms with van der Waals surface area (Å²) in [7, 11) is 7.78. The molecule has 0 N–H and O–H groups in total. The van der Waals surface area contributed by atoms with E-state index in [4.69, 9.17) is 0 Å². The van der Waals surface area contributed by atoms with Gasteiger partial charge in [0.1, 0.15) is 0 Å². The second kappa shape index (κ2) is 17.1. The molecule has 2 atom stereocenters. The molecule has 25 heavy (non-hydrogen) atoms. The van der Waals surface area contributed by atoms with E-state index in [-0.39, 0.29) is 32.3 Å². The smallest absolute Gasteiger partial charge is 0.550 e. The average Bonchev–Trinajstić information content (AvgIpc) is 3.22. The Morgan fingerprint density at radius 1 is 0.760 bits per heavy atom. The van der Waals surface area contributed by atoms with Crippen LogP contribution >= 0.6 is 43.2 Å². The predicted molar refractivity (Wildman–Crippen MR) is 104 cm³/mol. The first-order valence-electron chi connectivity index (χ1n) is 8.54. The maximum atomic E-state index is 10.1. The zero-order valence-electron chi connectivity index (χ0n) is 14.6. The minimum Gasteiger partial charge on any atom is -0.550 e. The summed E-state index contributed by atoms with van der Waals surface area (Å²) in [5, 5.41) is 21.7. The fourth-order valence-corrected chi connectivity index (χ4v) is 8.47. The molecule has 140 valence electrons. The third-order valence-corrected chi connectivity index (χ3v) is 9.78. The molecule has 0 saturated carbocycles. The third-order valence-electron chi connectivity index (χ3n) is 3.77. The molecular weight excluding hydrogens is 450 g/mol. The third kappa shape index (κ3) is 15.7. The van der Waals surface area contributed by atoms with Crippen molar-refractivity contribution in [2.24, 2.45) is 0 Å². The van der Waals surface area contributed by atoms with Gasteiger partial charge in [-0.3, -0.25) is 0 Å². The maximum Gasteiger partial charge on any atom is 2.00 e. The van der Waals surface area contributed by atoms with Crippen LogP contribution in [0.1, 0.15) is 64.2 Å². The number of carboxylic acids is 2. The summed E-state index contributed by atoms with van der Waals surface area (Å²) in [5.74, 6) is 0.693. The normalized spacial score (nSPS) is 21.9. The second-order valence-electron chi connectivity index (χ2n) is 5.89. The minimum absolute atomic E-state index is 0. The number of hydrogen-bond donors (Lipinski definition) is 0. The van der Waals surface area contributed by atoms with E-state index in [1.165, 1.54) is 37.2 Å². The molecule has 0 aromatic rings. The number of carbonyl (C=O) groups is 2. The predicted octanol–water partition coefficient (Wildman–Crippen LogP) is 2.90. The summed E-state index contributed by atoms with van der Waals surface area (Å²) in [4.78, 5) is 20.1. The maximum absolute atomic E-state index is 10.1. The zero-order chi connectivity index (χ0) is 17.6. The van der Waals surface area contributed by atoms with E-state index in [0.717, 1.165) is 36.2 Å². The van der Waals surface area contributed by atoms with Crippen molar-refractivity contribution in [3.8, 4) is 0 Å². The molecular formula is C16H26O4S4Zn. The number of carbonyl (C=O) groups excluding carboxylic acids is 2. The van der Waals surface area contributed by atoms with Gasteiger partial charge in [-0.15, -0.1) is 0 Å². The van der Waals surface area contributed by atoms with Crippen molar-refractivity contribution >= 4 is 55.1 Å². The van der Waals surface area contributed by atoms with Crippen LogP contribution in [0.2, 0.25) is 0 Å². The van der Waals surface area contributed by atoms with Crippen LogP contribution in [0.4, 0.5) is 0 Å². The summed E-state index contributed by atoms with van der Waals surface area (Å²) in [6.45, 7) is 0. The standard InChI is InChI=1S/2C8H14O2S2.Zn/c2*9-8(10)4-2-1-3-7-5-6-11-12-7;/h2*7H,1-6H2,(H,9,10);/q;;+2/p-2. The van der Waals surface area contributed by atoms with E-state index in [9.17, 15) is 19.8 Å². The number of unbranched alkanes of at least 4 members (excludes halogenated alkanes) is 2. The van der Waals surface area contributed by atoms with Crippen LogP contribution in [0.5, 0.6) is 0 Å². The topological polar surface area (TPSA) is 80.3 Å². The molecule has 0 aliphatic carbocycles. The van der Waals surface area contributed by atoms with Crippen LogP contribution in [0.3, 0.4) is 0 Å². The first-order valence-corrected chi connectivity index (χ1v) is 13.3. The molecule has 0 aromatic heterocycles. The van der Waals surface area contributed by atoms with Crippen LogP contribution in [0.25, 0.3) is 0 Å². The van der Waals surface area contributed by atoms with Crippen molar-refractivity contribution < 1.29 is 39.3 Å². The van der Waals surface area contributed by atoms with E-state index in [0.29, 0.717) is 0 Å². The Morgan fingerprint density at radius 3 is 1.44 bits per heavy atom. The van der Waals surface area contributed by atoms with E-state index in [2.05, 4.69) is 0 Å². The van der Waals surface area contributed by atoms with Gasteiger partial charge in [0.05, 0.1) is 0 Å². The zero-order valence-corrected chi connectivity index (χ0v) is 20.8. The molecule has 0 bridgehead atoms. The fraction of sp³-hybridized carbons (Fsp3) is 0.875. The van der Waals surface area contributed by atoms with Gasteiger partial charge in [0.2, 0.25) is 0 Å². The van der Waals surface area contributed by atoms with Crippen molar-refractivity contribution in [1.82, 2.24) is 0 Å². The van der Waals surface area contributed by atoms with Gasteiger partial charge in [0, 0.05) is 33.9 Å². The van der Waals surface area contributed by atoms with Crippen LogP contribution in [-0.2, 0) is 29.1 Å². The van der Waals surface area contributed by atoms with E-state index in [1.54, 1.807) is 0 Å². The van der Waals surface area contributed by atoms with Gasteiger partial charge in [-0.05, 0) is 51.4 Å². The van der Waals surface area contributed by atoms with Gasteiger partial charge in [-0.2, -0.15) is 0 Å². The van der Waals surface area contributed by atoms with Crippen LogP contribution in [0, 0.1) is 0 Å². The molecule has 2 fully saturated rings. The Morgan fingerprint density at radius 2 is 1.16 bits per heavy atom. The average molecular weight is 476 g/mol. The molecule has 2 rings (SSSR count). The summed E-state index contributed by atoms with van der Waals surface area (Å²) >= 11 is 0. The summed E-state index contributed by atoms with van der Waals surface area (Å²) in [6.07, 6.45) is 9.01.